The van der Waals surface area contributed by atoms with E-state index in [1.54, 1.807) is 19.1 Å². The molecule has 0 unspecified atom stereocenters. The molecule has 0 aliphatic rings. The zero-order valence-corrected chi connectivity index (χ0v) is 20.7. The normalized spacial score (nSPS) is 12.0. The predicted octanol–water partition coefficient (Wildman–Crippen LogP) is 2.58. The van der Waals surface area contributed by atoms with Crippen molar-refractivity contribution >= 4 is 49.2 Å². The molecule has 0 fully saturated rings. The number of hydrogen-bond donors (Lipinski definition) is 1. The molecule has 0 aliphatic heterocycles. The number of sulfonamides is 1. The van der Waals surface area contributed by atoms with Crippen LogP contribution >= 0.6 is 15.9 Å². The van der Waals surface area contributed by atoms with Crippen LogP contribution in [-0.2, 0) is 26.2 Å². The van der Waals surface area contributed by atoms with Gasteiger partial charge in [-0.3, -0.25) is 18.7 Å². The highest BCUT2D eigenvalue weighted by Gasteiger charge is 2.29. The van der Waals surface area contributed by atoms with E-state index >= 15 is 0 Å². The Balaban J connectivity index is 2.41. The maximum atomic E-state index is 13.3. The second kappa shape index (κ2) is 10.7. The molecule has 0 radical (unpaired) electrons. The third kappa shape index (κ3) is 6.64. The van der Waals surface area contributed by atoms with E-state index in [0.29, 0.717) is 5.56 Å². The van der Waals surface area contributed by atoms with Crippen LogP contribution in [-0.4, -0.2) is 56.8 Å². The van der Waals surface area contributed by atoms with E-state index in [-0.39, 0.29) is 23.9 Å². The summed E-state index contributed by atoms with van der Waals surface area (Å²) in [5, 5.41) is 2.52. The lowest BCUT2D eigenvalue weighted by Gasteiger charge is -2.31. The van der Waals surface area contributed by atoms with Crippen molar-refractivity contribution in [3.05, 3.63) is 64.1 Å². The van der Waals surface area contributed by atoms with E-state index in [1.807, 2.05) is 24.3 Å². The summed E-state index contributed by atoms with van der Waals surface area (Å²) >= 11 is 3.36. The minimum Gasteiger partial charge on any atom is -0.357 e. The number of likely N-dealkylation sites (N-methyl/N-ethyl adjacent to an activating group) is 1. The molecule has 2 amide bonds. The van der Waals surface area contributed by atoms with Crippen molar-refractivity contribution in [2.45, 2.75) is 26.4 Å². The minimum absolute atomic E-state index is 0.117. The maximum absolute atomic E-state index is 13.3. The number of amides is 2. The first-order valence-corrected chi connectivity index (χ1v) is 12.4. The van der Waals surface area contributed by atoms with E-state index in [0.717, 1.165) is 20.6 Å². The molecule has 2 aromatic carbocycles. The monoisotopic (exact) mass is 523 g/mol. The van der Waals surface area contributed by atoms with E-state index < -0.39 is 28.5 Å². The third-order valence-electron chi connectivity index (χ3n) is 4.90. The molecular formula is C22H26BrN3O5S. The Hall–Kier alpha value is -2.72. The molecule has 0 aliphatic carbocycles. The van der Waals surface area contributed by atoms with Gasteiger partial charge in [-0.05, 0) is 43.7 Å². The number of Topliss-reactive ketones (excluding diaryl/α,β-unsaturated/α-hetero) is 1. The first-order valence-electron chi connectivity index (χ1n) is 9.78. The second-order valence-electron chi connectivity index (χ2n) is 7.31. The van der Waals surface area contributed by atoms with Crippen LogP contribution in [0.3, 0.4) is 0 Å². The number of rotatable bonds is 9. The highest BCUT2D eigenvalue weighted by Crippen LogP contribution is 2.21. The highest BCUT2D eigenvalue weighted by atomic mass is 79.9. The molecule has 2 aromatic rings. The molecular weight excluding hydrogens is 498 g/mol. The van der Waals surface area contributed by atoms with E-state index in [4.69, 9.17) is 0 Å². The lowest BCUT2D eigenvalue weighted by molar-refractivity contribution is -0.139. The number of carbonyl (C=O) groups excluding carboxylic acids is 3. The Bertz CT molecular complexity index is 1100. The van der Waals surface area contributed by atoms with Crippen molar-refractivity contribution in [2.75, 3.05) is 24.2 Å². The van der Waals surface area contributed by atoms with Crippen molar-refractivity contribution in [1.29, 1.82) is 0 Å². The van der Waals surface area contributed by atoms with Crippen molar-refractivity contribution in [2.24, 2.45) is 0 Å². The molecule has 2 rings (SSSR count). The molecule has 0 saturated carbocycles. The van der Waals surface area contributed by atoms with Gasteiger partial charge in [0.25, 0.3) is 0 Å². The summed E-state index contributed by atoms with van der Waals surface area (Å²) in [4.78, 5) is 38.6. The Kier molecular flexibility index (Phi) is 8.57. The van der Waals surface area contributed by atoms with Gasteiger partial charge in [-0.15, -0.1) is 0 Å². The van der Waals surface area contributed by atoms with Crippen molar-refractivity contribution < 1.29 is 22.8 Å². The second-order valence-corrected chi connectivity index (χ2v) is 10.1. The topological polar surface area (TPSA) is 104 Å². The molecule has 0 bridgehead atoms. The van der Waals surface area contributed by atoms with Crippen molar-refractivity contribution in [1.82, 2.24) is 10.2 Å². The lowest BCUT2D eigenvalue weighted by atomic mass is 10.1. The van der Waals surface area contributed by atoms with Crippen LogP contribution in [0.2, 0.25) is 0 Å². The SMILES string of the molecule is CNC(=O)[C@H](C)N(Cc1ccc(Br)cc1)C(=O)CN(c1cccc(C(C)=O)c1)S(C)(=O)=O. The molecule has 0 spiro atoms. The van der Waals surface area contributed by atoms with E-state index in [2.05, 4.69) is 21.2 Å². The van der Waals surface area contributed by atoms with Crippen LogP contribution in [0, 0.1) is 0 Å². The first kappa shape index (κ1) is 25.5. The molecule has 0 heterocycles. The first-order chi connectivity index (χ1) is 14.9. The average molecular weight is 524 g/mol. The molecule has 172 valence electrons. The summed E-state index contributed by atoms with van der Waals surface area (Å²) in [5.41, 5.74) is 1.31. The van der Waals surface area contributed by atoms with Gasteiger partial charge in [-0.25, -0.2) is 8.42 Å². The zero-order chi connectivity index (χ0) is 24.1. The molecule has 0 aromatic heterocycles. The summed E-state index contributed by atoms with van der Waals surface area (Å²) in [6.07, 6.45) is 0.988. The standard InChI is InChI=1S/C22H26BrN3O5S/c1-15(22(29)24-3)25(13-17-8-10-19(23)11-9-17)21(28)14-26(32(4,30)31)20-7-5-6-18(12-20)16(2)27/h5-12,15H,13-14H2,1-4H3,(H,24,29)/t15-/m0/s1. The Morgan fingerprint density at radius 3 is 2.25 bits per heavy atom. The van der Waals surface area contributed by atoms with E-state index in [9.17, 15) is 22.8 Å². The van der Waals surface area contributed by atoms with Gasteiger partial charge in [0.1, 0.15) is 12.6 Å². The van der Waals surface area contributed by atoms with Gasteiger partial charge in [-0.1, -0.05) is 40.2 Å². The lowest BCUT2D eigenvalue weighted by Crippen LogP contribution is -2.50. The summed E-state index contributed by atoms with van der Waals surface area (Å²) < 4.78 is 26.8. The summed E-state index contributed by atoms with van der Waals surface area (Å²) in [6.45, 7) is 2.56. The van der Waals surface area contributed by atoms with Crippen LogP contribution in [0.5, 0.6) is 0 Å². The summed E-state index contributed by atoms with van der Waals surface area (Å²) in [7, 11) is -2.38. The molecule has 0 saturated heterocycles. The Morgan fingerprint density at radius 1 is 1.09 bits per heavy atom. The Labute approximate surface area is 196 Å². The number of anilines is 1. The number of nitrogens with zero attached hydrogens (tertiary/aromatic N) is 2. The summed E-state index contributed by atoms with van der Waals surface area (Å²) in [5.74, 6) is -1.15. The molecule has 8 nitrogen and oxygen atoms in total. The van der Waals surface area contributed by atoms with Gasteiger partial charge in [0.15, 0.2) is 5.78 Å². The fraction of sp³-hybridized carbons (Fsp3) is 0.318. The highest BCUT2D eigenvalue weighted by molar-refractivity contribution is 9.10. The number of nitrogens with one attached hydrogen (secondary N) is 1. The number of halogens is 1. The van der Waals surface area contributed by atoms with Gasteiger partial charge < -0.3 is 10.2 Å². The number of ketones is 1. The average Bonchev–Trinajstić information content (AvgIpc) is 2.75. The van der Waals surface area contributed by atoms with Gasteiger partial charge >= 0.3 is 0 Å². The molecule has 32 heavy (non-hydrogen) atoms. The predicted molar refractivity (Wildman–Crippen MR) is 127 cm³/mol. The van der Waals surface area contributed by atoms with Crippen LogP contribution in [0.4, 0.5) is 5.69 Å². The maximum Gasteiger partial charge on any atom is 0.244 e. The largest absolute Gasteiger partial charge is 0.357 e. The quantitative estimate of drug-likeness (QED) is 0.508. The van der Waals surface area contributed by atoms with Crippen molar-refractivity contribution in [3.8, 4) is 0 Å². The molecule has 1 N–H and O–H groups in total. The third-order valence-corrected chi connectivity index (χ3v) is 6.57. The zero-order valence-electron chi connectivity index (χ0n) is 18.3. The molecule has 1 atom stereocenters. The smallest absolute Gasteiger partial charge is 0.244 e. The number of benzene rings is 2. The van der Waals surface area contributed by atoms with Gasteiger partial charge in [0, 0.05) is 23.6 Å². The van der Waals surface area contributed by atoms with Crippen LogP contribution in [0.1, 0.15) is 29.8 Å². The summed E-state index contributed by atoms with van der Waals surface area (Å²) in [6, 6.07) is 12.5. The van der Waals surface area contributed by atoms with E-state index in [1.165, 1.54) is 31.0 Å². The Morgan fingerprint density at radius 2 is 1.72 bits per heavy atom. The molecule has 10 heteroatoms. The fourth-order valence-electron chi connectivity index (χ4n) is 3.07. The van der Waals surface area contributed by atoms with Crippen LogP contribution in [0.15, 0.2) is 53.0 Å². The number of hydrogen-bond acceptors (Lipinski definition) is 5. The van der Waals surface area contributed by atoms with Gasteiger partial charge in [0.2, 0.25) is 21.8 Å². The van der Waals surface area contributed by atoms with Gasteiger partial charge in [0.05, 0.1) is 11.9 Å². The van der Waals surface area contributed by atoms with Crippen molar-refractivity contribution in [3.63, 3.8) is 0 Å². The fourth-order valence-corrected chi connectivity index (χ4v) is 4.18. The van der Waals surface area contributed by atoms with Crippen LogP contribution in [0.25, 0.3) is 0 Å². The van der Waals surface area contributed by atoms with Gasteiger partial charge in [-0.2, -0.15) is 0 Å². The van der Waals surface area contributed by atoms with Crippen LogP contribution < -0.4 is 9.62 Å². The number of carbonyl (C=O) groups is 3. The minimum atomic E-state index is -3.85.